The molecule has 3 aromatic rings. The van der Waals surface area contributed by atoms with Crippen LogP contribution in [0.3, 0.4) is 0 Å². The van der Waals surface area contributed by atoms with E-state index in [-0.39, 0.29) is 29.3 Å². The van der Waals surface area contributed by atoms with Crippen molar-refractivity contribution in [1.82, 2.24) is 4.98 Å². The van der Waals surface area contributed by atoms with Crippen molar-refractivity contribution in [3.05, 3.63) is 82.0 Å². The first-order valence-corrected chi connectivity index (χ1v) is 17.0. The zero-order chi connectivity index (χ0) is 33.1. The number of aliphatic hydroxyl groups is 1. The number of benzene rings is 1. The van der Waals surface area contributed by atoms with Gasteiger partial charge in [-0.15, -0.1) is 0 Å². The van der Waals surface area contributed by atoms with Crippen LogP contribution in [0.15, 0.2) is 64.1 Å². The maximum Gasteiger partial charge on any atom is 0.345 e. The standard InChI is InChI=1S/C38H45NO8/c1-6-7-10-30(40)45-29-19-27-36(3,16-15-28-37(27,4)21-43-35(46-28)23-13-11-22(2)12-14-23)33-32(41)31-26(47-38(29,33)5)18-25(44-34(31)42)24-9-8-17-39-20-24/h8-9,11-14,17-18,20,27-29,32-33,35,41H,6-7,10,15-16,19,21H2,1-5H3/t27-,28+,29+,32+,33-,35-,36+,37+,38-/m1/s1. The summed E-state index contributed by atoms with van der Waals surface area (Å²) in [6, 6.07) is 13.4. The van der Waals surface area contributed by atoms with Crippen molar-refractivity contribution in [1.29, 1.82) is 0 Å². The molecule has 2 saturated carbocycles. The Morgan fingerprint density at radius 2 is 1.91 bits per heavy atom. The third-order valence-corrected chi connectivity index (χ3v) is 11.7. The number of pyridine rings is 1. The molecule has 47 heavy (non-hydrogen) atoms. The molecule has 1 saturated heterocycles. The summed E-state index contributed by atoms with van der Waals surface area (Å²) in [7, 11) is 0. The first kappa shape index (κ1) is 32.0. The minimum atomic E-state index is -1.21. The van der Waals surface area contributed by atoms with Crippen LogP contribution in [0.1, 0.15) is 95.3 Å². The number of unbranched alkanes of at least 4 members (excludes halogenated alkanes) is 1. The van der Waals surface area contributed by atoms with Gasteiger partial charge in [-0.25, -0.2) is 4.79 Å². The molecule has 7 rings (SSSR count). The smallest absolute Gasteiger partial charge is 0.345 e. The number of hydrogen-bond donors (Lipinski definition) is 1. The largest absolute Gasteiger partial charge is 0.482 e. The molecule has 9 heteroatoms. The zero-order valence-corrected chi connectivity index (χ0v) is 27.9. The van der Waals surface area contributed by atoms with Crippen LogP contribution < -0.4 is 10.4 Å². The fourth-order valence-corrected chi connectivity index (χ4v) is 9.29. The number of aromatic nitrogens is 1. The number of carbonyl (C=O) groups is 1. The highest BCUT2D eigenvalue weighted by atomic mass is 16.7. The summed E-state index contributed by atoms with van der Waals surface area (Å²) in [5.41, 5.74) is 0.135. The van der Waals surface area contributed by atoms with Crippen LogP contribution in [-0.2, 0) is 19.0 Å². The third kappa shape index (κ3) is 5.22. The third-order valence-electron chi connectivity index (χ3n) is 11.7. The van der Waals surface area contributed by atoms with E-state index in [1.165, 1.54) is 5.56 Å². The summed E-state index contributed by atoms with van der Waals surface area (Å²) >= 11 is 0. The first-order chi connectivity index (χ1) is 22.5. The Labute approximate surface area is 275 Å². The minimum Gasteiger partial charge on any atom is -0.482 e. The fourth-order valence-electron chi connectivity index (χ4n) is 9.29. The van der Waals surface area contributed by atoms with Gasteiger partial charge in [0.2, 0.25) is 0 Å². The molecule has 9 atom stereocenters. The van der Waals surface area contributed by atoms with Crippen molar-refractivity contribution in [3.8, 4) is 17.1 Å². The Morgan fingerprint density at radius 3 is 2.64 bits per heavy atom. The summed E-state index contributed by atoms with van der Waals surface area (Å²) in [5, 5.41) is 12.3. The lowest BCUT2D eigenvalue weighted by atomic mass is 9.42. The predicted octanol–water partition coefficient (Wildman–Crippen LogP) is 6.85. The molecule has 250 valence electrons. The van der Waals surface area contributed by atoms with Crippen LogP contribution in [-0.4, -0.2) is 40.5 Å². The van der Waals surface area contributed by atoms with Crippen molar-refractivity contribution in [2.45, 2.75) is 103 Å². The van der Waals surface area contributed by atoms with Crippen LogP contribution in [0, 0.1) is 29.6 Å². The monoisotopic (exact) mass is 643 g/mol. The number of nitrogens with zero attached hydrogens (tertiary/aromatic N) is 1. The summed E-state index contributed by atoms with van der Waals surface area (Å²) in [5.74, 6) is -0.407. The van der Waals surface area contributed by atoms with E-state index in [0.29, 0.717) is 30.8 Å². The summed E-state index contributed by atoms with van der Waals surface area (Å²) in [4.78, 5) is 31.0. The SMILES string of the molecule is CCCCC(=O)O[C@H]1C[C@H]2[C@]3(C)CO[C@@H](c4ccc(C)cc4)O[C@H]3CC[C@]2(C)[C@H]2[C@@H](O)c3c(cc(-c4cccnc4)oc3=O)O[C@]12C. The van der Waals surface area contributed by atoms with Crippen LogP contribution in [0.4, 0.5) is 0 Å². The Balaban J connectivity index is 1.28. The van der Waals surface area contributed by atoms with Crippen LogP contribution in [0.2, 0.25) is 0 Å². The van der Waals surface area contributed by atoms with Gasteiger partial charge >= 0.3 is 11.6 Å². The Bertz CT molecular complexity index is 1690. The molecule has 1 aromatic carbocycles. The predicted molar refractivity (Wildman–Crippen MR) is 173 cm³/mol. The van der Waals surface area contributed by atoms with Gasteiger partial charge in [0.05, 0.1) is 18.8 Å². The van der Waals surface area contributed by atoms with Gasteiger partial charge in [0, 0.05) is 47.3 Å². The quantitative estimate of drug-likeness (QED) is 0.288. The molecule has 0 unspecified atom stereocenters. The number of rotatable bonds is 6. The second-order valence-corrected chi connectivity index (χ2v) is 14.7. The number of hydrogen-bond acceptors (Lipinski definition) is 9. The lowest BCUT2D eigenvalue weighted by molar-refractivity contribution is -0.331. The number of aliphatic hydroxyl groups excluding tert-OH is 1. The zero-order valence-electron chi connectivity index (χ0n) is 27.9. The van der Waals surface area contributed by atoms with Crippen molar-refractivity contribution in [2.24, 2.45) is 22.7 Å². The van der Waals surface area contributed by atoms with E-state index in [0.717, 1.165) is 31.2 Å². The van der Waals surface area contributed by atoms with E-state index in [9.17, 15) is 14.7 Å². The van der Waals surface area contributed by atoms with E-state index < -0.39 is 46.5 Å². The van der Waals surface area contributed by atoms with Gasteiger partial charge in [0.15, 0.2) is 6.29 Å². The van der Waals surface area contributed by atoms with Crippen LogP contribution in [0.25, 0.3) is 11.3 Å². The molecule has 9 nitrogen and oxygen atoms in total. The molecule has 2 aliphatic heterocycles. The minimum absolute atomic E-state index is 0.0729. The van der Waals surface area contributed by atoms with E-state index in [1.54, 1.807) is 30.6 Å². The molecule has 2 aliphatic carbocycles. The second-order valence-electron chi connectivity index (χ2n) is 14.7. The normalized spacial score (nSPS) is 35.8. The topological polar surface area (TPSA) is 117 Å². The molecule has 0 radical (unpaired) electrons. The molecule has 2 aromatic heterocycles. The second kappa shape index (κ2) is 11.9. The first-order valence-electron chi connectivity index (χ1n) is 17.0. The lowest BCUT2D eigenvalue weighted by Crippen LogP contribution is -2.71. The average molecular weight is 644 g/mol. The van der Waals surface area contributed by atoms with Crippen molar-refractivity contribution in [2.75, 3.05) is 6.61 Å². The number of ether oxygens (including phenoxy) is 4. The molecular weight excluding hydrogens is 598 g/mol. The number of fused-ring (bicyclic) bond motifs is 6. The molecule has 1 N–H and O–H groups in total. The van der Waals surface area contributed by atoms with E-state index >= 15 is 0 Å². The van der Waals surface area contributed by atoms with Gasteiger partial charge in [0.1, 0.15) is 28.8 Å². The van der Waals surface area contributed by atoms with Crippen molar-refractivity contribution in [3.63, 3.8) is 0 Å². The van der Waals surface area contributed by atoms with Crippen LogP contribution >= 0.6 is 0 Å². The van der Waals surface area contributed by atoms with Gasteiger partial charge in [0.25, 0.3) is 0 Å². The Kier molecular flexibility index (Phi) is 8.09. The van der Waals surface area contributed by atoms with E-state index in [2.05, 4.69) is 37.9 Å². The Hall–Kier alpha value is -3.53. The van der Waals surface area contributed by atoms with Gasteiger partial charge in [-0.1, -0.05) is 57.0 Å². The van der Waals surface area contributed by atoms with E-state index in [1.807, 2.05) is 26.0 Å². The highest BCUT2D eigenvalue weighted by Gasteiger charge is 2.71. The van der Waals surface area contributed by atoms with Crippen molar-refractivity contribution >= 4 is 5.97 Å². The molecule has 4 aliphatic rings. The summed E-state index contributed by atoms with van der Waals surface area (Å²) in [6.07, 6.45) is 4.65. The lowest BCUT2D eigenvalue weighted by Gasteiger charge is -2.67. The molecule has 4 heterocycles. The van der Waals surface area contributed by atoms with Crippen LogP contribution in [0.5, 0.6) is 5.75 Å². The maximum absolute atomic E-state index is 13.6. The molecule has 0 amide bonds. The van der Waals surface area contributed by atoms with Gasteiger partial charge in [-0.05, 0) is 63.0 Å². The fraction of sp³-hybridized carbons (Fsp3) is 0.553. The van der Waals surface area contributed by atoms with Gasteiger partial charge < -0.3 is 28.5 Å². The number of esters is 1. The highest BCUT2D eigenvalue weighted by molar-refractivity contribution is 5.69. The molecule has 0 spiro atoms. The van der Waals surface area contributed by atoms with Gasteiger partial charge in [-0.2, -0.15) is 0 Å². The number of carbonyl (C=O) groups excluding carboxylic acids is 1. The summed E-state index contributed by atoms with van der Waals surface area (Å²) in [6.45, 7) is 10.8. The Morgan fingerprint density at radius 1 is 1.13 bits per heavy atom. The number of aryl methyl sites for hydroxylation is 1. The summed E-state index contributed by atoms with van der Waals surface area (Å²) < 4.78 is 32.1. The maximum atomic E-state index is 13.6. The van der Waals surface area contributed by atoms with Crippen molar-refractivity contribution < 1.29 is 33.3 Å². The van der Waals surface area contributed by atoms with Gasteiger partial charge in [-0.3, -0.25) is 9.78 Å². The highest BCUT2D eigenvalue weighted by Crippen LogP contribution is 2.68. The molecule has 0 bridgehead atoms. The van der Waals surface area contributed by atoms with E-state index in [4.69, 9.17) is 23.4 Å². The average Bonchev–Trinajstić information content (AvgIpc) is 3.04. The molecule has 3 fully saturated rings. The molecular formula is C38H45NO8.